The van der Waals surface area contributed by atoms with Crippen molar-refractivity contribution in [2.45, 2.75) is 12.3 Å². The third kappa shape index (κ3) is 4.13. The zero-order valence-electron chi connectivity index (χ0n) is 19.7. The Morgan fingerprint density at radius 2 is 1.81 bits per heavy atom. The molecule has 4 aromatic rings. The standard InChI is InChI=1S/C26H23N5O5/c1-35-25(33)19-11-12-30(20-6-4-3-5-18(19)20)24(32)17-8-10-23-28-14-21(31(23)15-17)16-7-9-22(27-13-16)29-26(34)36-2/h3-10,13-15,19H,11-12H2,1-2H3,(H,27,29,34). The van der Waals surface area contributed by atoms with E-state index in [9.17, 15) is 14.4 Å². The van der Waals surface area contributed by atoms with Crippen molar-refractivity contribution in [1.29, 1.82) is 0 Å². The summed E-state index contributed by atoms with van der Waals surface area (Å²) in [5, 5.41) is 2.51. The number of nitrogens with zero attached hydrogens (tertiary/aromatic N) is 4. The highest BCUT2D eigenvalue weighted by Crippen LogP contribution is 2.36. The lowest BCUT2D eigenvalue weighted by molar-refractivity contribution is -0.142. The van der Waals surface area contributed by atoms with Gasteiger partial charge in [-0.3, -0.25) is 19.3 Å². The van der Waals surface area contributed by atoms with E-state index in [1.165, 1.54) is 14.2 Å². The summed E-state index contributed by atoms with van der Waals surface area (Å²) in [7, 11) is 2.65. The van der Waals surface area contributed by atoms with Crippen LogP contribution in [0.15, 0.2) is 67.1 Å². The minimum absolute atomic E-state index is 0.178. The molecule has 1 atom stereocenters. The number of ether oxygens (including phenoxy) is 2. The van der Waals surface area contributed by atoms with Crippen molar-refractivity contribution >= 4 is 35.1 Å². The number of pyridine rings is 2. The summed E-state index contributed by atoms with van der Waals surface area (Å²) in [6.07, 6.45) is 4.93. The zero-order chi connectivity index (χ0) is 25.2. The molecule has 1 aliphatic rings. The lowest BCUT2D eigenvalue weighted by atomic mass is 9.89. The van der Waals surface area contributed by atoms with E-state index in [1.54, 1.807) is 47.8 Å². The monoisotopic (exact) mass is 485 g/mol. The maximum atomic E-state index is 13.6. The van der Waals surface area contributed by atoms with Gasteiger partial charge in [0.25, 0.3) is 5.91 Å². The van der Waals surface area contributed by atoms with Crippen LogP contribution in [0.5, 0.6) is 0 Å². The molecule has 2 amide bonds. The van der Waals surface area contributed by atoms with Gasteiger partial charge in [-0.15, -0.1) is 0 Å². The Balaban J connectivity index is 1.46. The highest BCUT2D eigenvalue weighted by molar-refractivity contribution is 6.07. The molecule has 0 aliphatic carbocycles. The molecule has 10 nitrogen and oxygen atoms in total. The minimum Gasteiger partial charge on any atom is -0.469 e. The van der Waals surface area contributed by atoms with Gasteiger partial charge in [0, 0.05) is 30.2 Å². The number of benzene rings is 1. The van der Waals surface area contributed by atoms with Gasteiger partial charge in [0.1, 0.15) is 11.5 Å². The Hall–Kier alpha value is -4.73. The first-order valence-electron chi connectivity index (χ1n) is 11.3. The molecule has 10 heteroatoms. The Kier molecular flexibility index (Phi) is 6.07. The Labute approximate surface area is 206 Å². The smallest absolute Gasteiger partial charge is 0.412 e. The van der Waals surface area contributed by atoms with Gasteiger partial charge in [-0.2, -0.15) is 0 Å². The molecule has 0 bridgehead atoms. The van der Waals surface area contributed by atoms with Crippen LogP contribution in [-0.2, 0) is 14.3 Å². The molecule has 4 heterocycles. The number of hydrogen-bond acceptors (Lipinski definition) is 7. The third-order valence-electron chi connectivity index (χ3n) is 6.20. The number of amides is 2. The second-order valence-electron chi connectivity index (χ2n) is 8.22. The molecule has 36 heavy (non-hydrogen) atoms. The number of anilines is 2. The van der Waals surface area contributed by atoms with Crippen molar-refractivity contribution in [3.63, 3.8) is 0 Å². The molecule has 5 rings (SSSR count). The minimum atomic E-state index is -0.606. The fraction of sp³-hybridized carbons (Fsp3) is 0.192. The Bertz CT molecular complexity index is 1460. The van der Waals surface area contributed by atoms with Crippen LogP contribution in [0.1, 0.15) is 28.3 Å². The van der Waals surface area contributed by atoms with Crippen LogP contribution in [0.4, 0.5) is 16.3 Å². The average molecular weight is 486 g/mol. The first-order valence-corrected chi connectivity index (χ1v) is 11.3. The molecule has 0 saturated heterocycles. The van der Waals surface area contributed by atoms with Crippen LogP contribution < -0.4 is 10.2 Å². The van der Waals surface area contributed by atoms with E-state index >= 15 is 0 Å². The summed E-state index contributed by atoms with van der Waals surface area (Å²) in [6.45, 7) is 0.392. The predicted octanol–water partition coefficient (Wildman–Crippen LogP) is 3.88. The van der Waals surface area contributed by atoms with Gasteiger partial charge in [-0.05, 0) is 42.3 Å². The van der Waals surface area contributed by atoms with Gasteiger partial charge in [-0.25, -0.2) is 14.8 Å². The summed E-state index contributed by atoms with van der Waals surface area (Å²) in [4.78, 5) is 47.7. The normalized spacial score (nSPS) is 14.7. The van der Waals surface area contributed by atoms with Crippen LogP contribution >= 0.6 is 0 Å². The van der Waals surface area contributed by atoms with Gasteiger partial charge in [0.2, 0.25) is 0 Å². The number of imidazole rings is 1. The lowest BCUT2D eigenvalue weighted by Crippen LogP contribution is -2.38. The molecule has 3 aromatic heterocycles. The predicted molar refractivity (Wildman–Crippen MR) is 132 cm³/mol. The first kappa shape index (κ1) is 23.0. The molecule has 1 N–H and O–H groups in total. The number of esters is 1. The number of para-hydroxylation sites is 1. The summed E-state index contributed by atoms with van der Waals surface area (Å²) in [5.74, 6) is -0.532. The van der Waals surface area contributed by atoms with Crippen molar-refractivity contribution in [2.75, 3.05) is 31.0 Å². The molecule has 0 fully saturated rings. The van der Waals surface area contributed by atoms with Gasteiger partial charge in [0.05, 0.1) is 37.6 Å². The summed E-state index contributed by atoms with van der Waals surface area (Å²) in [6, 6.07) is 14.4. The van der Waals surface area contributed by atoms with E-state index in [2.05, 4.69) is 20.0 Å². The van der Waals surface area contributed by atoms with Crippen LogP contribution in [0.25, 0.3) is 16.9 Å². The number of carbonyl (C=O) groups is 3. The summed E-state index contributed by atoms with van der Waals surface area (Å²) >= 11 is 0. The second kappa shape index (κ2) is 9.49. The fourth-order valence-electron chi connectivity index (χ4n) is 4.41. The Morgan fingerprint density at radius 1 is 0.972 bits per heavy atom. The van der Waals surface area contributed by atoms with E-state index in [0.29, 0.717) is 35.7 Å². The summed E-state index contributed by atoms with van der Waals surface area (Å²) in [5.41, 5.74) is 4.12. The Morgan fingerprint density at radius 3 is 2.56 bits per heavy atom. The lowest BCUT2D eigenvalue weighted by Gasteiger charge is -2.33. The average Bonchev–Trinajstić information content (AvgIpc) is 3.35. The second-order valence-corrected chi connectivity index (χ2v) is 8.22. The maximum absolute atomic E-state index is 13.6. The maximum Gasteiger partial charge on any atom is 0.412 e. The molecule has 1 unspecified atom stereocenters. The fourth-order valence-corrected chi connectivity index (χ4v) is 4.41. The zero-order valence-corrected chi connectivity index (χ0v) is 19.7. The highest BCUT2D eigenvalue weighted by atomic mass is 16.5. The van der Waals surface area contributed by atoms with E-state index in [4.69, 9.17) is 4.74 Å². The van der Waals surface area contributed by atoms with Gasteiger partial charge in [-0.1, -0.05) is 18.2 Å². The van der Waals surface area contributed by atoms with Crippen LogP contribution in [0.3, 0.4) is 0 Å². The van der Waals surface area contributed by atoms with Crippen LogP contribution in [-0.4, -0.2) is 53.1 Å². The number of aromatic nitrogens is 3. The van der Waals surface area contributed by atoms with Gasteiger partial charge >= 0.3 is 12.1 Å². The van der Waals surface area contributed by atoms with Crippen molar-refractivity contribution in [3.05, 3.63) is 78.2 Å². The number of fused-ring (bicyclic) bond motifs is 2. The highest BCUT2D eigenvalue weighted by Gasteiger charge is 2.33. The van der Waals surface area contributed by atoms with Crippen molar-refractivity contribution in [1.82, 2.24) is 14.4 Å². The molecule has 0 radical (unpaired) electrons. The SMILES string of the molecule is COC(=O)Nc1ccc(-c2cnc3ccc(C(=O)N4CCC(C(=O)OC)c5ccccc54)cn23)cn1. The number of nitrogens with one attached hydrogen (secondary N) is 1. The van der Waals surface area contributed by atoms with Crippen molar-refractivity contribution in [2.24, 2.45) is 0 Å². The van der Waals surface area contributed by atoms with E-state index < -0.39 is 12.0 Å². The van der Waals surface area contributed by atoms with Crippen molar-refractivity contribution < 1.29 is 23.9 Å². The van der Waals surface area contributed by atoms with E-state index in [-0.39, 0.29) is 11.9 Å². The quantitative estimate of drug-likeness (QED) is 0.436. The molecular weight excluding hydrogens is 462 g/mol. The molecule has 182 valence electrons. The molecule has 1 aliphatic heterocycles. The van der Waals surface area contributed by atoms with Crippen LogP contribution in [0.2, 0.25) is 0 Å². The van der Waals surface area contributed by atoms with E-state index in [0.717, 1.165) is 16.8 Å². The topological polar surface area (TPSA) is 115 Å². The van der Waals surface area contributed by atoms with Crippen LogP contribution in [0, 0.1) is 0 Å². The molecular formula is C26H23N5O5. The molecule has 1 aromatic carbocycles. The number of rotatable bonds is 4. The van der Waals surface area contributed by atoms with Gasteiger partial charge in [0.15, 0.2) is 0 Å². The van der Waals surface area contributed by atoms with Crippen molar-refractivity contribution in [3.8, 4) is 11.3 Å². The van der Waals surface area contributed by atoms with E-state index in [1.807, 2.05) is 28.7 Å². The summed E-state index contributed by atoms with van der Waals surface area (Å²) < 4.78 is 11.4. The van der Waals surface area contributed by atoms with Gasteiger partial charge < -0.3 is 14.4 Å². The number of hydrogen-bond donors (Lipinski definition) is 1. The first-order chi connectivity index (χ1) is 17.5. The number of methoxy groups -OCH3 is 2. The largest absolute Gasteiger partial charge is 0.469 e. The molecule has 0 saturated carbocycles. The molecule has 0 spiro atoms. The number of carbonyl (C=O) groups excluding carboxylic acids is 3. The third-order valence-corrected chi connectivity index (χ3v) is 6.20.